The summed E-state index contributed by atoms with van der Waals surface area (Å²) in [4.78, 5) is 24.3. The van der Waals surface area contributed by atoms with Gasteiger partial charge in [0, 0.05) is 5.56 Å². The van der Waals surface area contributed by atoms with Crippen LogP contribution in [-0.4, -0.2) is 39.7 Å². The third-order valence-corrected chi connectivity index (χ3v) is 3.37. The van der Waals surface area contributed by atoms with E-state index in [0.29, 0.717) is 22.8 Å². The summed E-state index contributed by atoms with van der Waals surface area (Å²) in [5.41, 5.74) is 0.626. The molecule has 2 aromatic rings. The van der Waals surface area contributed by atoms with Crippen molar-refractivity contribution in [2.45, 2.75) is 0 Å². The number of hydrogen-bond acceptors (Lipinski definition) is 6. The summed E-state index contributed by atoms with van der Waals surface area (Å²) in [6.07, 6.45) is 0. The summed E-state index contributed by atoms with van der Waals surface area (Å²) in [6.45, 7) is -0.370. The summed E-state index contributed by atoms with van der Waals surface area (Å²) in [5, 5.41) is 0. The van der Waals surface area contributed by atoms with Gasteiger partial charge in [-0.25, -0.2) is 4.79 Å². The molecule has 0 spiro atoms. The van der Waals surface area contributed by atoms with Crippen molar-refractivity contribution in [1.82, 2.24) is 0 Å². The Morgan fingerprint density at radius 2 is 1.46 bits per heavy atom. The van der Waals surface area contributed by atoms with Crippen molar-refractivity contribution >= 4 is 11.8 Å². The van der Waals surface area contributed by atoms with Gasteiger partial charge in [0.25, 0.3) is 0 Å². The standard InChI is InChI=1S/C18H18O6/c1-21-13-6-4-12(5-7-13)16(19)11-24-18(20)15-10-14(22-2)8-9-17(15)23-3/h4-10H,11H2,1-3H3. The fourth-order valence-electron chi connectivity index (χ4n) is 2.04. The Labute approximate surface area is 139 Å². The zero-order valence-electron chi connectivity index (χ0n) is 13.7. The highest BCUT2D eigenvalue weighted by Crippen LogP contribution is 2.24. The summed E-state index contributed by atoms with van der Waals surface area (Å²) in [5.74, 6) is 0.507. The number of esters is 1. The minimum absolute atomic E-state index is 0.194. The smallest absolute Gasteiger partial charge is 0.342 e. The Kier molecular flexibility index (Phi) is 5.78. The van der Waals surface area contributed by atoms with Crippen molar-refractivity contribution in [3.8, 4) is 17.2 Å². The second kappa shape index (κ2) is 8.01. The predicted molar refractivity (Wildman–Crippen MR) is 87.2 cm³/mol. The monoisotopic (exact) mass is 330 g/mol. The van der Waals surface area contributed by atoms with E-state index < -0.39 is 5.97 Å². The molecule has 2 aromatic carbocycles. The van der Waals surface area contributed by atoms with Crippen molar-refractivity contribution in [2.24, 2.45) is 0 Å². The lowest BCUT2D eigenvalue weighted by Gasteiger charge is -2.10. The van der Waals surface area contributed by atoms with E-state index in [1.165, 1.54) is 20.3 Å². The maximum atomic E-state index is 12.2. The van der Waals surface area contributed by atoms with Crippen LogP contribution in [0.25, 0.3) is 0 Å². The molecule has 24 heavy (non-hydrogen) atoms. The molecule has 0 N–H and O–H groups in total. The fourth-order valence-corrected chi connectivity index (χ4v) is 2.04. The molecule has 0 aromatic heterocycles. The van der Waals surface area contributed by atoms with Crippen LogP contribution in [0.2, 0.25) is 0 Å². The van der Waals surface area contributed by atoms with Gasteiger partial charge in [0.2, 0.25) is 0 Å². The molecule has 0 aliphatic carbocycles. The van der Waals surface area contributed by atoms with Crippen LogP contribution in [-0.2, 0) is 4.74 Å². The molecular weight excluding hydrogens is 312 g/mol. The van der Waals surface area contributed by atoms with E-state index in [-0.39, 0.29) is 18.0 Å². The molecule has 0 amide bonds. The van der Waals surface area contributed by atoms with E-state index in [0.717, 1.165) is 0 Å². The molecule has 0 saturated heterocycles. The number of carbonyl (C=O) groups excluding carboxylic acids is 2. The van der Waals surface area contributed by atoms with Gasteiger partial charge in [0.05, 0.1) is 21.3 Å². The molecular formula is C18H18O6. The first-order valence-corrected chi connectivity index (χ1v) is 7.15. The summed E-state index contributed by atoms with van der Waals surface area (Å²) >= 11 is 0. The van der Waals surface area contributed by atoms with Crippen LogP contribution in [0.4, 0.5) is 0 Å². The molecule has 6 heteroatoms. The molecule has 6 nitrogen and oxygen atoms in total. The number of Topliss-reactive ketones (excluding diaryl/α,β-unsaturated/α-hetero) is 1. The lowest BCUT2D eigenvalue weighted by atomic mass is 10.1. The molecule has 2 rings (SSSR count). The van der Waals surface area contributed by atoms with Crippen molar-refractivity contribution < 1.29 is 28.5 Å². The van der Waals surface area contributed by atoms with Crippen molar-refractivity contribution in [2.75, 3.05) is 27.9 Å². The third-order valence-electron chi connectivity index (χ3n) is 3.37. The highest BCUT2D eigenvalue weighted by atomic mass is 16.5. The highest BCUT2D eigenvalue weighted by Gasteiger charge is 2.17. The number of carbonyl (C=O) groups is 2. The molecule has 0 heterocycles. The van der Waals surface area contributed by atoms with E-state index in [4.69, 9.17) is 18.9 Å². The van der Waals surface area contributed by atoms with Crippen LogP contribution >= 0.6 is 0 Å². The summed E-state index contributed by atoms with van der Waals surface area (Å²) in [7, 11) is 4.48. The molecule has 0 bridgehead atoms. The number of ketones is 1. The van der Waals surface area contributed by atoms with Gasteiger partial charge in [-0.3, -0.25) is 4.79 Å². The first-order chi connectivity index (χ1) is 11.6. The maximum Gasteiger partial charge on any atom is 0.342 e. The quantitative estimate of drug-likeness (QED) is 0.574. The van der Waals surface area contributed by atoms with E-state index in [1.807, 2.05) is 0 Å². The Hall–Kier alpha value is -3.02. The Bertz CT molecular complexity index is 721. The zero-order chi connectivity index (χ0) is 17.5. The lowest BCUT2D eigenvalue weighted by molar-refractivity contribution is 0.0471. The molecule has 0 saturated carbocycles. The zero-order valence-corrected chi connectivity index (χ0v) is 13.7. The Morgan fingerprint density at radius 3 is 2.04 bits per heavy atom. The van der Waals surface area contributed by atoms with Crippen molar-refractivity contribution in [3.05, 3.63) is 53.6 Å². The molecule has 0 unspecified atom stereocenters. The number of benzene rings is 2. The van der Waals surface area contributed by atoms with Gasteiger partial charge in [-0.15, -0.1) is 0 Å². The Balaban J connectivity index is 2.05. The van der Waals surface area contributed by atoms with Crippen LogP contribution in [0, 0.1) is 0 Å². The second-order valence-corrected chi connectivity index (χ2v) is 4.79. The first-order valence-electron chi connectivity index (χ1n) is 7.15. The topological polar surface area (TPSA) is 71.1 Å². The van der Waals surface area contributed by atoms with E-state index >= 15 is 0 Å². The minimum Gasteiger partial charge on any atom is -0.497 e. The number of hydrogen-bond donors (Lipinski definition) is 0. The lowest BCUT2D eigenvalue weighted by Crippen LogP contribution is -2.15. The van der Waals surface area contributed by atoms with Crippen LogP contribution < -0.4 is 14.2 Å². The average Bonchev–Trinajstić information content (AvgIpc) is 2.65. The largest absolute Gasteiger partial charge is 0.497 e. The minimum atomic E-state index is -0.660. The van der Waals surface area contributed by atoms with Gasteiger partial charge in [-0.1, -0.05) is 0 Å². The van der Waals surface area contributed by atoms with Gasteiger partial charge in [0.1, 0.15) is 22.8 Å². The van der Waals surface area contributed by atoms with Crippen LogP contribution in [0.3, 0.4) is 0 Å². The van der Waals surface area contributed by atoms with Crippen LogP contribution in [0.15, 0.2) is 42.5 Å². The number of ether oxygens (including phenoxy) is 4. The molecule has 0 radical (unpaired) electrons. The van der Waals surface area contributed by atoms with E-state index in [9.17, 15) is 9.59 Å². The van der Waals surface area contributed by atoms with Crippen LogP contribution in [0.1, 0.15) is 20.7 Å². The second-order valence-electron chi connectivity index (χ2n) is 4.79. The summed E-state index contributed by atoms with van der Waals surface area (Å²) < 4.78 is 20.3. The van der Waals surface area contributed by atoms with Gasteiger partial charge >= 0.3 is 5.97 Å². The average molecular weight is 330 g/mol. The van der Waals surface area contributed by atoms with Gasteiger partial charge in [-0.2, -0.15) is 0 Å². The van der Waals surface area contributed by atoms with Gasteiger partial charge in [0.15, 0.2) is 12.4 Å². The fraction of sp³-hybridized carbons (Fsp3) is 0.222. The maximum absolute atomic E-state index is 12.2. The Morgan fingerprint density at radius 1 is 0.833 bits per heavy atom. The molecule has 0 aliphatic heterocycles. The predicted octanol–water partition coefficient (Wildman–Crippen LogP) is 2.75. The first kappa shape index (κ1) is 17.3. The van der Waals surface area contributed by atoms with Crippen molar-refractivity contribution in [1.29, 1.82) is 0 Å². The normalized spacial score (nSPS) is 9.96. The molecule has 0 atom stereocenters. The van der Waals surface area contributed by atoms with Crippen molar-refractivity contribution in [3.63, 3.8) is 0 Å². The van der Waals surface area contributed by atoms with Gasteiger partial charge in [-0.05, 0) is 42.5 Å². The number of methoxy groups -OCH3 is 3. The SMILES string of the molecule is COc1ccc(C(=O)COC(=O)c2cc(OC)ccc2OC)cc1. The van der Waals surface area contributed by atoms with Crippen LogP contribution in [0.5, 0.6) is 17.2 Å². The van der Waals surface area contributed by atoms with Gasteiger partial charge < -0.3 is 18.9 Å². The van der Waals surface area contributed by atoms with E-state index in [1.54, 1.807) is 43.5 Å². The number of rotatable bonds is 7. The highest BCUT2D eigenvalue weighted by molar-refractivity contribution is 6.00. The molecule has 0 aliphatic rings. The van der Waals surface area contributed by atoms with E-state index in [2.05, 4.69) is 0 Å². The third kappa shape index (κ3) is 4.04. The molecule has 126 valence electrons. The summed E-state index contributed by atoms with van der Waals surface area (Å²) in [6, 6.07) is 11.3. The molecule has 0 fully saturated rings.